The number of carbonyl (C=O) groups is 1. The molecule has 0 spiro atoms. The minimum atomic E-state index is -5.06. The first kappa shape index (κ1) is 15.2. The van der Waals surface area contributed by atoms with Crippen molar-refractivity contribution in [3.05, 3.63) is 24.3 Å². The Morgan fingerprint density at radius 3 is 2.07 bits per heavy atom. The molecule has 1 radical (unpaired) electrons. The first-order chi connectivity index (χ1) is 6.39. The Morgan fingerprint density at radius 2 is 1.73 bits per heavy atom. The summed E-state index contributed by atoms with van der Waals surface area (Å²) in [7, 11) is 0. The van der Waals surface area contributed by atoms with E-state index in [2.05, 4.69) is 5.32 Å². The van der Waals surface area contributed by atoms with Crippen LogP contribution in [0.1, 0.15) is 6.92 Å². The zero-order valence-electron chi connectivity index (χ0n) is 8.47. The second-order valence-corrected chi connectivity index (χ2v) is 7.35. The van der Waals surface area contributed by atoms with Gasteiger partial charge in [0.2, 0.25) is 0 Å². The molecule has 5 nitrogen and oxygen atoms in total. The van der Waals surface area contributed by atoms with Crippen LogP contribution in [0.5, 0.6) is 0 Å². The predicted octanol–water partition coefficient (Wildman–Crippen LogP) is -1.17. The molecule has 15 heavy (non-hydrogen) atoms. The molecular weight excluding hydrogens is 319 g/mol. The average molecular weight is 329 g/mol. The summed E-state index contributed by atoms with van der Waals surface area (Å²) >= 11 is -5.06. The zero-order chi connectivity index (χ0) is 10.8. The van der Waals surface area contributed by atoms with Crippen molar-refractivity contribution >= 4 is 64.3 Å². The number of nitrogens with one attached hydrogen (secondary N) is 1. The zero-order valence-corrected chi connectivity index (χ0v) is 13.0. The van der Waals surface area contributed by atoms with Crippen LogP contribution in [0, 0.1) is 0 Å². The van der Waals surface area contributed by atoms with Crippen molar-refractivity contribution in [2.75, 3.05) is 5.32 Å². The van der Waals surface area contributed by atoms with Gasteiger partial charge in [-0.05, 0) is 0 Å². The van der Waals surface area contributed by atoms with Crippen LogP contribution < -0.4 is 8.83 Å². The van der Waals surface area contributed by atoms with Gasteiger partial charge in [0, 0.05) is 29.6 Å². The molecule has 1 aromatic rings. The number of carbonyl (C=O) groups excluding carboxylic acids is 1. The van der Waals surface area contributed by atoms with E-state index in [-0.39, 0.29) is 39.0 Å². The van der Waals surface area contributed by atoms with Gasteiger partial charge in [0.25, 0.3) is 0 Å². The molecule has 0 saturated carbocycles. The van der Waals surface area contributed by atoms with Crippen molar-refractivity contribution in [2.45, 2.75) is 6.92 Å². The second-order valence-electron chi connectivity index (χ2n) is 2.77. The Bertz CT molecular complexity index is 386. The maximum absolute atomic E-state index is 10.9. The Hall–Kier alpha value is 0.228. The maximum Gasteiger partial charge on any atom is 0 e. The van der Waals surface area contributed by atoms with Gasteiger partial charge in [-0.3, -0.25) is 0 Å². The van der Waals surface area contributed by atoms with Crippen LogP contribution in [0.15, 0.2) is 24.3 Å². The molecule has 77 valence electrons. The van der Waals surface area contributed by atoms with Crippen LogP contribution in [-0.2, 0) is 7.81 Å². The van der Waals surface area contributed by atoms with Crippen LogP contribution in [0.25, 0.3) is 0 Å². The quantitative estimate of drug-likeness (QED) is 0.597. The number of hydrogen-bond acceptors (Lipinski definition) is 2. The van der Waals surface area contributed by atoms with E-state index in [1.165, 1.54) is 31.2 Å². The van der Waals surface area contributed by atoms with Gasteiger partial charge >= 0.3 is 85.8 Å². The van der Waals surface area contributed by atoms with E-state index in [0.717, 1.165) is 0 Å². The van der Waals surface area contributed by atoms with Crippen molar-refractivity contribution in [3.8, 4) is 0 Å². The fraction of sp³-hybridized carbons (Fsp3) is 0.125. The van der Waals surface area contributed by atoms with Crippen molar-refractivity contribution in [2.24, 2.45) is 0 Å². The van der Waals surface area contributed by atoms with E-state index in [9.17, 15) is 7.81 Å². The normalized spacial score (nSPS) is 10.3. The second kappa shape index (κ2) is 6.08. The molecule has 0 aromatic heterocycles. The molecule has 3 N–H and O–H groups in total. The van der Waals surface area contributed by atoms with Gasteiger partial charge in [-0.2, -0.15) is 0 Å². The third kappa shape index (κ3) is 5.20. The molecule has 0 heterocycles. The van der Waals surface area contributed by atoms with Crippen LogP contribution in [0.3, 0.4) is 0 Å². The summed E-state index contributed by atoms with van der Waals surface area (Å²) in [5.74, 6) is -0.221. The molecule has 0 aliphatic carbocycles. The van der Waals surface area contributed by atoms with E-state index in [0.29, 0.717) is 5.69 Å². The summed E-state index contributed by atoms with van der Waals surface area (Å²) in [5.41, 5.74) is 0.523. The summed E-state index contributed by atoms with van der Waals surface area (Å²) in [5, 5.41) is 2.50. The van der Waals surface area contributed by atoms with Gasteiger partial charge in [0.15, 0.2) is 0 Å². The van der Waals surface area contributed by atoms with Gasteiger partial charge in [-0.1, -0.05) is 0 Å². The molecular formula is C8H10NNaO4Sb. The summed E-state index contributed by atoms with van der Waals surface area (Å²) < 4.78 is 28.6. The number of hydrogen-bond donors (Lipinski definition) is 3. The Labute approximate surface area is 114 Å². The first-order valence-electron chi connectivity index (χ1n) is 3.83. The number of rotatable bonds is 2. The van der Waals surface area contributed by atoms with Crippen LogP contribution in [0.2, 0.25) is 0 Å². The largest absolute Gasteiger partial charge is 0 e. The van der Waals surface area contributed by atoms with Gasteiger partial charge in [0.05, 0.1) is 0 Å². The smallest absolute Gasteiger partial charge is 0 e. The van der Waals surface area contributed by atoms with Crippen molar-refractivity contribution in [3.63, 3.8) is 0 Å². The van der Waals surface area contributed by atoms with Gasteiger partial charge in [-0.15, -0.1) is 0 Å². The fourth-order valence-electron chi connectivity index (χ4n) is 0.942. The Balaban J connectivity index is 0.00000196. The molecule has 0 saturated heterocycles. The third-order valence-electron chi connectivity index (χ3n) is 1.52. The van der Waals surface area contributed by atoms with Crippen LogP contribution in [-0.4, -0.2) is 61.9 Å². The summed E-state index contributed by atoms with van der Waals surface area (Å²) in [6.45, 7) is 1.36. The van der Waals surface area contributed by atoms with E-state index in [4.69, 9.17) is 6.77 Å². The molecule has 0 aliphatic rings. The monoisotopic (exact) mass is 328 g/mol. The Morgan fingerprint density at radius 1 is 1.27 bits per heavy atom. The van der Waals surface area contributed by atoms with Gasteiger partial charge in [0.1, 0.15) is 0 Å². The first-order valence-corrected chi connectivity index (χ1v) is 8.43. The van der Waals surface area contributed by atoms with E-state index in [1.807, 2.05) is 0 Å². The SMILES string of the molecule is CC(=O)Nc1cc[c]([Sb](=[O])([OH])[OH])cc1.[Na]. The molecule has 0 bridgehead atoms. The van der Waals surface area contributed by atoms with Crippen molar-refractivity contribution in [1.82, 2.24) is 0 Å². The summed E-state index contributed by atoms with van der Waals surface area (Å²) in [6.07, 6.45) is 0. The molecule has 0 fully saturated rings. The number of anilines is 1. The number of amides is 1. The maximum atomic E-state index is 10.9. The van der Waals surface area contributed by atoms with E-state index in [1.54, 1.807) is 0 Å². The average Bonchev–Trinajstić information content (AvgIpc) is 2.02. The fourth-order valence-corrected chi connectivity index (χ4v) is 2.48. The minimum Gasteiger partial charge on any atom is 0 e. The van der Waals surface area contributed by atoms with E-state index >= 15 is 0 Å². The standard InChI is InChI=1S/C8H8NO.Na.2H2O.O.Sb/c1-7(10)9-8-5-3-2-4-6-8;;;;;/h3-6H,1H3,(H,9,10);;2*1H2;;/q;;;;;+2/p-2. The van der Waals surface area contributed by atoms with Crippen LogP contribution in [0.4, 0.5) is 5.69 Å². The summed E-state index contributed by atoms with van der Waals surface area (Å²) in [6, 6.07) is 5.57. The van der Waals surface area contributed by atoms with Crippen molar-refractivity contribution in [1.29, 1.82) is 0 Å². The molecule has 1 aromatic carbocycles. The molecule has 7 heteroatoms. The summed E-state index contributed by atoms with van der Waals surface area (Å²) in [4.78, 5) is 10.6. The predicted molar refractivity (Wildman–Crippen MR) is 57.0 cm³/mol. The molecule has 1 amide bonds. The van der Waals surface area contributed by atoms with Gasteiger partial charge < -0.3 is 0 Å². The Kier molecular flexibility index (Phi) is 6.18. The van der Waals surface area contributed by atoms with Crippen LogP contribution >= 0.6 is 0 Å². The molecule has 0 aliphatic heterocycles. The third-order valence-corrected chi connectivity index (χ3v) is 4.29. The molecule has 0 unspecified atom stereocenters. The topological polar surface area (TPSA) is 86.6 Å². The molecule has 1 rings (SSSR count). The number of benzene rings is 1. The van der Waals surface area contributed by atoms with Gasteiger partial charge in [-0.25, -0.2) is 0 Å². The van der Waals surface area contributed by atoms with Crippen molar-refractivity contribution < 1.29 is 14.6 Å². The molecule has 0 atom stereocenters. The minimum absolute atomic E-state index is 0. The van der Waals surface area contributed by atoms with E-state index < -0.39 is 19.6 Å².